The Hall–Kier alpha value is -2.29. The number of nitrogens with zero attached hydrogens (tertiary/aromatic N) is 1. The predicted molar refractivity (Wildman–Crippen MR) is 139 cm³/mol. The Balaban J connectivity index is 2.35. The molecule has 8 nitrogen and oxygen atoms in total. The Kier molecular flexibility index (Phi) is 11.1. The van der Waals surface area contributed by atoms with Gasteiger partial charge in [-0.25, -0.2) is 4.98 Å². The number of oxazole rings is 1. The molecule has 0 spiro atoms. The molecule has 0 aliphatic carbocycles. The fourth-order valence-electron chi connectivity index (χ4n) is 4.66. The Labute approximate surface area is 215 Å². The first kappa shape index (κ1) is 29.9. The molecule has 1 aromatic heterocycles. The van der Waals surface area contributed by atoms with E-state index in [1.807, 2.05) is 27.7 Å². The number of aromatic nitrogens is 1. The van der Waals surface area contributed by atoms with Gasteiger partial charge >= 0.3 is 5.97 Å². The van der Waals surface area contributed by atoms with Crippen LogP contribution in [-0.4, -0.2) is 45.3 Å². The number of ether oxygens (including phenoxy) is 1. The van der Waals surface area contributed by atoms with Crippen molar-refractivity contribution in [3.8, 4) is 0 Å². The van der Waals surface area contributed by atoms with Gasteiger partial charge in [0.05, 0.1) is 30.6 Å². The summed E-state index contributed by atoms with van der Waals surface area (Å²) in [6, 6.07) is 0. The third-order valence-corrected chi connectivity index (χ3v) is 7.41. The van der Waals surface area contributed by atoms with Crippen LogP contribution < -0.4 is 5.73 Å². The van der Waals surface area contributed by atoms with E-state index < -0.39 is 35.6 Å². The Morgan fingerprint density at radius 2 is 2.00 bits per heavy atom. The second-order valence-electron chi connectivity index (χ2n) is 10.7. The molecule has 0 aromatic carbocycles. The van der Waals surface area contributed by atoms with Crippen molar-refractivity contribution < 1.29 is 29.0 Å². The maximum atomic E-state index is 13.4. The van der Waals surface area contributed by atoms with Crippen LogP contribution in [0.5, 0.6) is 0 Å². The lowest BCUT2D eigenvalue weighted by Crippen LogP contribution is -2.46. The summed E-state index contributed by atoms with van der Waals surface area (Å²) in [4.78, 5) is 30.6. The predicted octanol–water partition coefficient (Wildman–Crippen LogP) is 4.34. The lowest BCUT2D eigenvalue weighted by Gasteiger charge is -2.35. The lowest BCUT2D eigenvalue weighted by molar-refractivity contribution is -0.154. The minimum atomic E-state index is -1.24. The van der Waals surface area contributed by atoms with E-state index in [1.165, 1.54) is 6.26 Å². The molecule has 1 aliphatic rings. The van der Waals surface area contributed by atoms with Gasteiger partial charge < -0.3 is 25.1 Å². The highest BCUT2D eigenvalue weighted by Crippen LogP contribution is 2.34. The summed E-state index contributed by atoms with van der Waals surface area (Å²) in [5, 5.41) is 21.9. The normalized spacial score (nSPS) is 29.5. The number of hydrogen-bond acceptors (Lipinski definition) is 8. The molecule has 1 aliphatic heterocycles. The molecule has 4 N–H and O–H groups in total. The van der Waals surface area contributed by atoms with E-state index in [2.05, 4.69) is 11.1 Å². The van der Waals surface area contributed by atoms with Crippen molar-refractivity contribution in [2.45, 2.75) is 105 Å². The number of ketones is 1. The Bertz CT molecular complexity index is 948. The average Bonchev–Trinajstić information content (AvgIpc) is 3.28. The summed E-state index contributed by atoms with van der Waals surface area (Å²) in [5.41, 5.74) is 6.88. The Morgan fingerprint density at radius 3 is 2.61 bits per heavy atom. The van der Waals surface area contributed by atoms with E-state index in [4.69, 9.17) is 14.9 Å². The highest BCUT2D eigenvalue weighted by atomic mass is 16.5. The molecular weight excluding hydrogens is 460 g/mol. The van der Waals surface area contributed by atoms with Crippen LogP contribution in [0.2, 0.25) is 0 Å². The van der Waals surface area contributed by atoms with E-state index in [1.54, 1.807) is 19.9 Å². The molecule has 0 bridgehead atoms. The van der Waals surface area contributed by atoms with Crippen molar-refractivity contribution in [2.24, 2.45) is 23.0 Å². The number of allylic oxidation sites excluding steroid dienone is 1. The van der Waals surface area contributed by atoms with Gasteiger partial charge in [0.15, 0.2) is 0 Å². The lowest BCUT2D eigenvalue weighted by atomic mass is 9.71. The molecule has 5 unspecified atom stereocenters. The SMILES string of the molecule is CCC1C(=O)C(C)(C)C(O)CC(=O)OC(C(C)=Cc2coc(CN)n2)CC=C(C)CCCC(C)C1O. The van der Waals surface area contributed by atoms with Crippen LogP contribution >= 0.6 is 0 Å². The minimum absolute atomic E-state index is 0.0590. The molecule has 0 fully saturated rings. The molecule has 1 aromatic rings. The quantitative estimate of drug-likeness (QED) is 0.407. The summed E-state index contributed by atoms with van der Waals surface area (Å²) in [5.74, 6) is -1.08. The molecule has 0 radical (unpaired) electrons. The molecule has 0 saturated carbocycles. The largest absolute Gasteiger partial charge is 0.457 e. The number of carbonyl (C=O) groups is 2. The first-order valence-corrected chi connectivity index (χ1v) is 13.0. The third kappa shape index (κ3) is 7.85. The third-order valence-electron chi connectivity index (χ3n) is 7.41. The van der Waals surface area contributed by atoms with Crippen LogP contribution in [0.15, 0.2) is 27.9 Å². The number of rotatable bonds is 4. The average molecular weight is 505 g/mol. The van der Waals surface area contributed by atoms with Gasteiger partial charge in [-0.2, -0.15) is 0 Å². The van der Waals surface area contributed by atoms with E-state index in [0.29, 0.717) is 24.4 Å². The zero-order valence-electron chi connectivity index (χ0n) is 22.6. The smallest absolute Gasteiger partial charge is 0.309 e. The van der Waals surface area contributed by atoms with Gasteiger partial charge in [0.2, 0.25) is 5.89 Å². The zero-order chi connectivity index (χ0) is 27.0. The van der Waals surface area contributed by atoms with E-state index in [0.717, 1.165) is 30.4 Å². The van der Waals surface area contributed by atoms with Crippen LogP contribution in [-0.2, 0) is 20.9 Å². The number of cyclic esters (lactones) is 1. The van der Waals surface area contributed by atoms with E-state index in [-0.39, 0.29) is 24.7 Å². The van der Waals surface area contributed by atoms with Crippen LogP contribution in [0.4, 0.5) is 0 Å². The maximum Gasteiger partial charge on any atom is 0.309 e. The number of esters is 1. The summed E-state index contributed by atoms with van der Waals surface area (Å²) >= 11 is 0. The van der Waals surface area contributed by atoms with E-state index in [9.17, 15) is 19.8 Å². The summed E-state index contributed by atoms with van der Waals surface area (Å²) in [6.07, 6.45) is 5.86. The number of aliphatic hydroxyl groups is 2. The van der Waals surface area contributed by atoms with Gasteiger partial charge in [0, 0.05) is 12.3 Å². The van der Waals surface area contributed by atoms with Gasteiger partial charge in [-0.3, -0.25) is 9.59 Å². The zero-order valence-corrected chi connectivity index (χ0v) is 22.6. The molecular formula is C28H44N2O6. The molecule has 0 saturated heterocycles. The molecule has 8 heteroatoms. The summed E-state index contributed by atoms with van der Waals surface area (Å²) in [6.45, 7) is 11.2. The molecule has 2 heterocycles. The fourth-order valence-corrected chi connectivity index (χ4v) is 4.66. The van der Waals surface area contributed by atoms with Crippen molar-refractivity contribution in [1.82, 2.24) is 4.98 Å². The van der Waals surface area contributed by atoms with Crippen LogP contribution in [0.25, 0.3) is 6.08 Å². The van der Waals surface area contributed by atoms with Crippen LogP contribution in [0.1, 0.15) is 91.7 Å². The second kappa shape index (κ2) is 13.3. The number of carbonyl (C=O) groups excluding carboxylic acids is 2. The van der Waals surface area contributed by atoms with Gasteiger partial charge in [-0.05, 0) is 57.1 Å². The van der Waals surface area contributed by atoms with Gasteiger partial charge in [0.25, 0.3) is 0 Å². The molecule has 202 valence electrons. The van der Waals surface area contributed by atoms with Crippen molar-refractivity contribution in [3.05, 3.63) is 35.1 Å². The molecule has 36 heavy (non-hydrogen) atoms. The van der Waals surface area contributed by atoms with Crippen molar-refractivity contribution in [1.29, 1.82) is 0 Å². The molecule has 5 atom stereocenters. The highest BCUT2D eigenvalue weighted by Gasteiger charge is 2.43. The van der Waals surface area contributed by atoms with Crippen LogP contribution in [0.3, 0.4) is 0 Å². The topological polar surface area (TPSA) is 136 Å². The van der Waals surface area contributed by atoms with Gasteiger partial charge in [0.1, 0.15) is 23.8 Å². The van der Waals surface area contributed by atoms with Gasteiger partial charge in [-0.15, -0.1) is 0 Å². The van der Waals surface area contributed by atoms with Crippen molar-refractivity contribution >= 4 is 17.8 Å². The highest BCUT2D eigenvalue weighted by molar-refractivity contribution is 5.88. The molecule has 0 amide bonds. The first-order chi connectivity index (χ1) is 16.9. The second-order valence-corrected chi connectivity index (χ2v) is 10.7. The monoisotopic (exact) mass is 504 g/mol. The first-order valence-electron chi connectivity index (χ1n) is 13.0. The standard InChI is InChI=1S/C28H44N2O6/c1-7-21-26(33)18(3)10-8-9-17(2)11-12-22(19(4)13-20-16-35-24(15-29)30-20)36-25(32)14-23(31)28(5,6)27(21)34/h11,13,16,18,21-23,26,31,33H,7-10,12,14-15,29H2,1-6H3. The maximum absolute atomic E-state index is 13.4. The van der Waals surface area contributed by atoms with Crippen LogP contribution in [0, 0.1) is 17.3 Å². The van der Waals surface area contributed by atoms with E-state index >= 15 is 0 Å². The van der Waals surface area contributed by atoms with Crippen molar-refractivity contribution in [2.75, 3.05) is 0 Å². The Morgan fingerprint density at radius 1 is 1.31 bits per heavy atom. The fraction of sp³-hybridized carbons (Fsp3) is 0.679. The number of nitrogens with two attached hydrogens (primary N) is 1. The summed E-state index contributed by atoms with van der Waals surface area (Å²) < 4.78 is 11.1. The number of hydrogen-bond donors (Lipinski definition) is 3. The van der Waals surface area contributed by atoms with Crippen molar-refractivity contribution in [3.63, 3.8) is 0 Å². The summed E-state index contributed by atoms with van der Waals surface area (Å²) in [7, 11) is 0. The minimum Gasteiger partial charge on any atom is -0.457 e. The molecule has 2 rings (SSSR count). The number of Topliss-reactive ketones (excluding diaryl/α,β-unsaturated/α-hetero) is 1. The number of aliphatic hydroxyl groups excluding tert-OH is 2. The van der Waals surface area contributed by atoms with Gasteiger partial charge in [-0.1, -0.05) is 39.3 Å².